The Balaban J connectivity index is 1.09. The average molecular weight is 761 g/mol. The van der Waals surface area contributed by atoms with Crippen molar-refractivity contribution in [2.75, 3.05) is 33.4 Å². The highest BCUT2D eigenvalue weighted by Gasteiger charge is 2.31. The van der Waals surface area contributed by atoms with Crippen LogP contribution < -0.4 is 24.8 Å². The van der Waals surface area contributed by atoms with Gasteiger partial charge in [-0.1, -0.05) is 65.7 Å². The van der Waals surface area contributed by atoms with Gasteiger partial charge in [-0.25, -0.2) is 4.98 Å². The molecule has 11 nitrogen and oxygen atoms in total. The maximum atomic E-state index is 11.5. The highest BCUT2D eigenvalue weighted by Crippen LogP contribution is 2.45. The van der Waals surface area contributed by atoms with Crippen molar-refractivity contribution < 1.29 is 28.9 Å². The van der Waals surface area contributed by atoms with Gasteiger partial charge >= 0.3 is 5.97 Å². The summed E-state index contributed by atoms with van der Waals surface area (Å²) in [5.41, 5.74) is 7.35. The number of aromatic nitrogens is 2. The normalized spacial score (nSPS) is 19.6. The monoisotopic (exact) mass is 759 g/mol. The summed E-state index contributed by atoms with van der Waals surface area (Å²) in [4.78, 5) is 34.7. The van der Waals surface area contributed by atoms with Gasteiger partial charge in [0.15, 0.2) is 0 Å². The first-order valence-electron chi connectivity index (χ1n) is 18.1. The predicted octanol–water partition coefficient (Wildman–Crippen LogP) is 6.87. The highest BCUT2D eigenvalue weighted by atomic mass is 35.5. The molecule has 3 aliphatic rings. The maximum absolute atomic E-state index is 11.5. The van der Waals surface area contributed by atoms with Gasteiger partial charge in [-0.15, -0.1) is 0 Å². The van der Waals surface area contributed by atoms with E-state index in [1.165, 1.54) is 0 Å². The van der Waals surface area contributed by atoms with Crippen LogP contribution in [0.25, 0.3) is 22.4 Å². The molecule has 0 bridgehead atoms. The second-order valence-corrected chi connectivity index (χ2v) is 14.5. The molecule has 0 unspecified atom stereocenters. The lowest BCUT2D eigenvalue weighted by Crippen LogP contribution is -2.35. The fourth-order valence-corrected chi connectivity index (χ4v) is 8.12. The van der Waals surface area contributed by atoms with E-state index in [-0.39, 0.29) is 24.0 Å². The van der Waals surface area contributed by atoms with E-state index in [2.05, 4.69) is 27.7 Å². The van der Waals surface area contributed by atoms with Gasteiger partial charge in [0.05, 0.1) is 30.4 Å². The minimum Gasteiger partial charge on any atom is -0.481 e. The number of carbonyl (C=O) groups is 2. The number of methoxy groups -OCH3 is 1. The molecule has 278 valence electrons. The van der Waals surface area contributed by atoms with Crippen LogP contribution in [0.5, 0.6) is 17.6 Å². The number of rotatable bonds is 14. The molecule has 2 aromatic carbocycles. The Morgan fingerprint density at radius 1 is 0.981 bits per heavy atom. The molecule has 0 spiro atoms. The molecule has 0 saturated carbocycles. The largest absolute Gasteiger partial charge is 0.481 e. The average Bonchev–Trinajstić information content (AvgIpc) is 3.91. The van der Waals surface area contributed by atoms with Crippen molar-refractivity contribution in [3.05, 3.63) is 86.9 Å². The van der Waals surface area contributed by atoms with E-state index >= 15 is 0 Å². The van der Waals surface area contributed by atoms with Crippen molar-refractivity contribution in [2.24, 2.45) is 5.92 Å². The second-order valence-electron chi connectivity index (χ2n) is 13.7. The number of pyridine rings is 2. The molecule has 4 aromatic rings. The fraction of sp³-hybridized carbons (Fsp3) is 0.400. The van der Waals surface area contributed by atoms with E-state index in [4.69, 9.17) is 47.4 Å². The first kappa shape index (κ1) is 36.9. The lowest BCUT2D eigenvalue weighted by Gasteiger charge is -2.20. The minimum atomic E-state index is -0.770. The van der Waals surface area contributed by atoms with Crippen LogP contribution in [-0.4, -0.2) is 71.2 Å². The number of nitrogens with zero attached hydrogens (tertiary/aromatic N) is 3. The minimum absolute atomic E-state index is 0.0995. The summed E-state index contributed by atoms with van der Waals surface area (Å²) in [7, 11) is 1.61. The maximum Gasteiger partial charge on any atom is 0.307 e. The highest BCUT2D eigenvalue weighted by molar-refractivity contribution is 6.36. The number of hydrogen-bond acceptors (Lipinski definition) is 9. The summed E-state index contributed by atoms with van der Waals surface area (Å²) >= 11 is 14.0. The van der Waals surface area contributed by atoms with Crippen LogP contribution in [0.15, 0.2) is 54.6 Å². The molecule has 2 aliphatic heterocycles. The third-order valence-electron chi connectivity index (χ3n) is 10.2. The van der Waals surface area contributed by atoms with Gasteiger partial charge in [-0.05, 0) is 68.0 Å². The second kappa shape index (κ2) is 16.3. The molecule has 2 aromatic heterocycles. The van der Waals surface area contributed by atoms with E-state index in [9.17, 15) is 14.7 Å². The van der Waals surface area contributed by atoms with Crippen molar-refractivity contribution in [2.45, 2.75) is 64.3 Å². The van der Waals surface area contributed by atoms with E-state index in [0.29, 0.717) is 85.6 Å². The molecule has 53 heavy (non-hydrogen) atoms. The number of fused-ring (bicyclic) bond motifs is 1. The summed E-state index contributed by atoms with van der Waals surface area (Å²) < 4.78 is 18.1. The lowest BCUT2D eigenvalue weighted by atomic mass is 9.94. The van der Waals surface area contributed by atoms with Gasteiger partial charge in [0.25, 0.3) is 0 Å². The van der Waals surface area contributed by atoms with Gasteiger partial charge in [-0.2, -0.15) is 4.98 Å². The number of likely N-dealkylation sites (tertiary alicyclic amines) is 1. The summed E-state index contributed by atoms with van der Waals surface area (Å²) in [5, 5.41) is 16.8. The number of carboxylic acid groups (broad SMARTS) is 1. The standard InChI is InChI=1S/C40H43Cl2N5O6/c1-3-52-38-25(22-47-17-16-24(21-47)40(49)50)18-32(41)39(46-38)53-34-14-12-28-27(6-4-7-29(28)34)30-8-5-9-31(36(30)42)33-13-10-23(37(45-33)51-2)19-43-20-26-11-15-35(48)44-26/h4-10,13,18,24,26,34,43H,3,11-12,14-17,19-22H2,1-2H3,(H,44,48)(H,49,50)/t24-,26-,34-/m0/s1. The van der Waals surface area contributed by atoms with Crippen LogP contribution in [0.3, 0.4) is 0 Å². The predicted molar refractivity (Wildman–Crippen MR) is 203 cm³/mol. The summed E-state index contributed by atoms with van der Waals surface area (Å²) in [6, 6.07) is 18.1. The topological polar surface area (TPSA) is 135 Å². The fourth-order valence-electron chi connectivity index (χ4n) is 7.58. The molecule has 3 atom stereocenters. The molecule has 1 aliphatic carbocycles. The first-order valence-corrected chi connectivity index (χ1v) is 18.9. The summed E-state index contributed by atoms with van der Waals surface area (Å²) in [5.74, 6) is 0.214. The lowest BCUT2D eigenvalue weighted by molar-refractivity contribution is -0.141. The number of amides is 1. The molecule has 0 radical (unpaired) electrons. The summed E-state index contributed by atoms with van der Waals surface area (Å²) in [6.45, 7) is 5.20. The Bertz CT molecular complexity index is 2010. The van der Waals surface area contributed by atoms with Gasteiger partial charge in [-0.3, -0.25) is 14.5 Å². The number of hydrogen-bond donors (Lipinski definition) is 3. The molecular formula is C40H43Cl2N5O6. The zero-order valence-electron chi connectivity index (χ0n) is 29.8. The van der Waals surface area contributed by atoms with Gasteiger partial charge < -0.3 is 30.0 Å². The first-order chi connectivity index (χ1) is 25.7. The van der Waals surface area contributed by atoms with Crippen molar-refractivity contribution in [1.29, 1.82) is 0 Å². The molecule has 4 heterocycles. The number of halogens is 2. The molecular weight excluding hydrogens is 717 g/mol. The Kier molecular flexibility index (Phi) is 11.4. The smallest absolute Gasteiger partial charge is 0.307 e. The van der Waals surface area contributed by atoms with Crippen LogP contribution in [0.4, 0.5) is 0 Å². The van der Waals surface area contributed by atoms with Crippen molar-refractivity contribution >= 4 is 35.1 Å². The Labute approximate surface area is 319 Å². The van der Waals surface area contributed by atoms with Crippen molar-refractivity contribution in [1.82, 2.24) is 25.5 Å². The zero-order valence-corrected chi connectivity index (χ0v) is 31.3. The quantitative estimate of drug-likeness (QED) is 0.125. The molecule has 2 fully saturated rings. The summed E-state index contributed by atoms with van der Waals surface area (Å²) in [6.07, 6.45) is 3.26. The van der Waals surface area contributed by atoms with Crippen LogP contribution in [0.1, 0.15) is 61.0 Å². The molecule has 1 amide bonds. The Morgan fingerprint density at radius 3 is 2.55 bits per heavy atom. The van der Waals surface area contributed by atoms with E-state index in [1.54, 1.807) is 7.11 Å². The number of carbonyl (C=O) groups excluding carboxylic acids is 1. The third kappa shape index (κ3) is 8.08. The number of benzene rings is 2. The van der Waals surface area contributed by atoms with Gasteiger partial charge in [0, 0.05) is 60.9 Å². The van der Waals surface area contributed by atoms with Crippen LogP contribution >= 0.6 is 23.2 Å². The SMILES string of the molecule is CCOc1nc(O[C@H]2CCc3c(-c4cccc(-c5ccc(CNC[C@@H]6CCC(=O)N6)c(OC)n5)c4Cl)cccc32)c(Cl)cc1CN1CC[C@H](C(=O)O)C1. The van der Waals surface area contributed by atoms with Crippen molar-refractivity contribution in [3.8, 4) is 40.0 Å². The van der Waals surface area contributed by atoms with Gasteiger partial charge in [0.2, 0.25) is 23.5 Å². The van der Waals surface area contributed by atoms with Crippen LogP contribution in [0.2, 0.25) is 10.0 Å². The van der Waals surface area contributed by atoms with Crippen LogP contribution in [-0.2, 0) is 29.1 Å². The van der Waals surface area contributed by atoms with E-state index < -0.39 is 5.97 Å². The third-order valence-corrected chi connectivity index (χ3v) is 10.9. The zero-order chi connectivity index (χ0) is 37.1. The molecule has 2 saturated heterocycles. The van der Waals surface area contributed by atoms with Crippen LogP contribution in [0, 0.1) is 5.92 Å². The molecule has 13 heteroatoms. The Hall–Kier alpha value is -4.42. The number of ether oxygens (including phenoxy) is 3. The van der Waals surface area contributed by atoms with Crippen molar-refractivity contribution in [3.63, 3.8) is 0 Å². The number of aliphatic carboxylic acids is 1. The molecule has 3 N–H and O–H groups in total. The van der Waals surface area contributed by atoms with E-state index in [0.717, 1.165) is 58.2 Å². The van der Waals surface area contributed by atoms with E-state index in [1.807, 2.05) is 49.4 Å². The number of carboxylic acids is 1. The molecule has 7 rings (SSSR count). The number of nitrogens with one attached hydrogen (secondary N) is 2. The van der Waals surface area contributed by atoms with Gasteiger partial charge in [0.1, 0.15) is 11.1 Å². The Morgan fingerprint density at radius 2 is 1.79 bits per heavy atom.